The summed E-state index contributed by atoms with van der Waals surface area (Å²) in [6, 6.07) is 4.18. The summed E-state index contributed by atoms with van der Waals surface area (Å²) in [6.45, 7) is 12.9. The molecule has 2 aliphatic rings. The maximum Gasteiger partial charge on any atom is 0.338 e. The Bertz CT molecular complexity index is 1080. The second kappa shape index (κ2) is 13.1. The third-order valence-corrected chi connectivity index (χ3v) is 6.73. The Kier molecular flexibility index (Phi) is 10.1. The molecule has 1 fully saturated rings. The molecule has 0 bridgehead atoms. The minimum absolute atomic E-state index is 0.0896. The average Bonchev–Trinajstić information content (AvgIpc) is 3.12. The molecule has 0 spiro atoms. The third-order valence-electron chi connectivity index (χ3n) is 6.73. The van der Waals surface area contributed by atoms with Crippen molar-refractivity contribution in [3.05, 3.63) is 35.0 Å². The van der Waals surface area contributed by atoms with Crippen molar-refractivity contribution >= 4 is 18.0 Å². The van der Waals surface area contributed by atoms with E-state index in [1.54, 1.807) is 24.0 Å². The minimum atomic E-state index is -0.791. The number of methoxy groups -OCH3 is 2. The number of likely N-dealkylation sites (N-methyl/N-ethyl adjacent to an activating group) is 1. The number of rotatable bonds is 8. The van der Waals surface area contributed by atoms with Crippen molar-refractivity contribution in [1.82, 2.24) is 25.3 Å². The molecule has 2 heterocycles. The maximum atomic E-state index is 13.5. The van der Waals surface area contributed by atoms with E-state index in [1.165, 1.54) is 14.2 Å². The molecule has 0 unspecified atom stereocenters. The molecule has 1 aromatic rings. The molecular weight excluding hydrogens is 502 g/mol. The van der Waals surface area contributed by atoms with Gasteiger partial charge in [0.05, 0.1) is 32.4 Å². The summed E-state index contributed by atoms with van der Waals surface area (Å²) >= 11 is 0. The van der Waals surface area contributed by atoms with Crippen LogP contribution in [0.5, 0.6) is 11.5 Å². The highest BCUT2D eigenvalue weighted by molar-refractivity contribution is 5.95. The fourth-order valence-electron chi connectivity index (χ4n) is 4.97. The molecule has 0 aliphatic carbocycles. The predicted octanol–water partition coefficient (Wildman–Crippen LogP) is 3.12. The van der Waals surface area contributed by atoms with Crippen molar-refractivity contribution < 1.29 is 28.6 Å². The summed E-state index contributed by atoms with van der Waals surface area (Å²) in [5, 5.41) is 6.02. The number of nitrogens with zero attached hydrogens (tertiary/aromatic N) is 3. The first kappa shape index (κ1) is 30.1. The molecule has 4 amide bonds. The molecule has 0 saturated carbocycles. The first-order valence-electron chi connectivity index (χ1n) is 13.5. The number of esters is 1. The van der Waals surface area contributed by atoms with Crippen molar-refractivity contribution in [2.24, 2.45) is 0 Å². The molecule has 11 heteroatoms. The van der Waals surface area contributed by atoms with Gasteiger partial charge in [0, 0.05) is 56.1 Å². The Morgan fingerprint density at radius 3 is 2.44 bits per heavy atom. The third kappa shape index (κ3) is 7.14. The molecule has 2 N–H and O–H groups in total. The van der Waals surface area contributed by atoms with E-state index in [4.69, 9.17) is 14.2 Å². The molecule has 2 aliphatic heterocycles. The van der Waals surface area contributed by atoms with Gasteiger partial charge in [0.25, 0.3) is 0 Å². The first-order chi connectivity index (χ1) is 18.5. The van der Waals surface area contributed by atoms with Crippen molar-refractivity contribution in [3.8, 4) is 11.5 Å². The Labute approximate surface area is 231 Å². The van der Waals surface area contributed by atoms with E-state index >= 15 is 0 Å². The van der Waals surface area contributed by atoms with Crippen LogP contribution in [-0.2, 0) is 9.53 Å². The summed E-state index contributed by atoms with van der Waals surface area (Å²) in [5.41, 5.74) is 1.22. The molecule has 216 valence electrons. The summed E-state index contributed by atoms with van der Waals surface area (Å²) < 4.78 is 16.6. The van der Waals surface area contributed by atoms with Gasteiger partial charge in [-0.3, -0.25) is 9.80 Å². The first-order valence-corrected chi connectivity index (χ1v) is 13.5. The van der Waals surface area contributed by atoms with E-state index in [1.807, 2.05) is 38.7 Å². The van der Waals surface area contributed by atoms with Gasteiger partial charge < -0.3 is 29.7 Å². The molecule has 1 aromatic carbocycles. The summed E-state index contributed by atoms with van der Waals surface area (Å²) in [4.78, 5) is 45.2. The van der Waals surface area contributed by atoms with Gasteiger partial charge in [0.15, 0.2) is 11.5 Å². The predicted molar refractivity (Wildman–Crippen MR) is 148 cm³/mol. The molecule has 11 nitrogen and oxygen atoms in total. The average molecular weight is 546 g/mol. The number of benzene rings is 1. The van der Waals surface area contributed by atoms with Gasteiger partial charge in [-0.1, -0.05) is 12.1 Å². The molecule has 0 aromatic heterocycles. The fourth-order valence-corrected chi connectivity index (χ4v) is 4.97. The maximum absolute atomic E-state index is 13.5. The zero-order valence-electron chi connectivity index (χ0n) is 24.3. The standard InChI is InChI=1S/C28H43N5O6/c1-8-33-20(18-31-14-11-15-32(17-16-31)27(36)30-28(3,4)5)22(25(34)39-9-2)23(29-26(33)35)19-12-10-13-21(37-6)24(19)38-7/h10,12-13,23H,8-9,11,14-18H2,1-7H3,(H,29,35)(H,30,36)/t23-/m0/s1. The molecule has 1 atom stereocenters. The summed E-state index contributed by atoms with van der Waals surface area (Å²) in [5.74, 6) is 0.432. The number of urea groups is 2. The van der Waals surface area contributed by atoms with Crippen LogP contribution in [0.3, 0.4) is 0 Å². The molecule has 1 saturated heterocycles. The fraction of sp³-hybridized carbons (Fsp3) is 0.607. The second-order valence-electron chi connectivity index (χ2n) is 10.6. The number of amides is 4. The van der Waals surface area contributed by atoms with Gasteiger partial charge in [-0.15, -0.1) is 0 Å². The van der Waals surface area contributed by atoms with E-state index in [9.17, 15) is 14.4 Å². The van der Waals surface area contributed by atoms with Crippen molar-refractivity contribution in [2.75, 3.05) is 60.1 Å². The van der Waals surface area contributed by atoms with Crippen LogP contribution in [0.15, 0.2) is 29.5 Å². The number of carbonyl (C=O) groups is 3. The van der Waals surface area contributed by atoms with Crippen LogP contribution < -0.4 is 20.1 Å². The van der Waals surface area contributed by atoms with E-state index < -0.39 is 12.0 Å². The van der Waals surface area contributed by atoms with Gasteiger partial charge in [-0.2, -0.15) is 0 Å². The van der Waals surface area contributed by atoms with E-state index in [0.29, 0.717) is 67.6 Å². The van der Waals surface area contributed by atoms with Crippen LogP contribution in [0.25, 0.3) is 0 Å². The second-order valence-corrected chi connectivity index (χ2v) is 10.6. The number of para-hydroxylation sites is 1. The monoisotopic (exact) mass is 545 g/mol. The molecule has 0 radical (unpaired) electrons. The Morgan fingerprint density at radius 2 is 1.82 bits per heavy atom. The number of carbonyl (C=O) groups excluding carboxylic acids is 3. The topological polar surface area (TPSA) is 113 Å². The van der Waals surface area contributed by atoms with E-state index in [2.05, 4.69) is 15.5 Å². The van der Waals surface area contributed by atoms with Gasteiger partial charge in [0.1, 0.15) is 0 Å². The zero-order valence-corrected chi connectivity index (χ0v) is 24.3. The van der Waals surface area contributed by atoms with Crippen molar-refractivity contribution in [2.45, 2.75) is 52.6 Å². The summed E-state index contributed by atoms with van der Waals surface area (Å²) in [7, 11) is 3.07. The highest BCUT2D eigenvalue weighted by Crippen LogP contribution is 2.40. The lowest BCUT2D eigenvalue weighted by Crippen LogP contribution is -2.51. The Morgan fingerprint density at radius 1 is 1.08 bits per heavy atom. The van der Waals surface area contributed by atoms with Crippen LogP contribution in [0.1, 0.15) is 52.6 Å². The van der Waals surface area contributed by atoms with Crippen LogP contribution in [-0.4, -0.2) is 98.4 Å². The SMILES string of the molecule is CCOC(=O)C1=C(CN2CCCN(C(=O)NC(C)(C)C)CC2)N(CC)C(=O)N[C@H]1c1cccc(OC)c1OC. The lowest BCUT2D eigenvalue weighted by molar-refractivity contribution is -0.139. The lowest BCUT2D eigenvalue weighted by Gasteiger charge is -2.38. The Balaban J connectivity index is 2.00. The minimum Gasteiger partial charge on any atom is -0.493 e. The quantitative estimate of drug-likeness (QED) is 0.483. The van der Waals surface area contributed by atoms with Gasteiger partial charge in [-0.25, -0.2) is 14.4 Å². The van der Waals surface area contributed by atoms with Crippen LogP contribution in [0, 0.1) is 0 Å². The van der Waals surface area contributed by atoms with Gasteiger partial charge in [-0.05, 0) is 47.1 Å². The van der Waals surface area contributed by atoms with Crippen LogP contribution in [0.4, 0.5) is 9.59 Å². The Hall–Kier alpha value is -3.47. The smallest absolute Gasteiger partial charge is 0.338 e. The molecule has 3 rings (SSSR count). The van der Waals surface area contributed by atoms with E-state index in [-0.39, 0.29) is 24.2 Å². The number of ether oxygens (including phenoxy) is 3. The van der Waals surface area contributed by atoms with Crippen LogP contribution >= 0.6 is 0 Å². The largest absolute Gasteiger partial charge is 0.493 e. The highest BCUT2D eigenvalue weighted by Gasteiger charge is 2.40. The van der Waals surface area contributed by atoms with Gasteiger partial charge >= 0.3 is 18.0 Å². The van der Waals surface area contributed by atoms with Crippen molar-refractivity contribution in [1.29, 1.82) is 0 Å². The molecule has 39 heavy (non-hydrogen) atoms. The van der Waals surface area contributed by atoms with Gasteiger partial charge in [0.2, 0.25) is 0 Å². The lowest BCUT2D eigenvalue weighted by atomic mass is 9.93. The van der Waals surface area contributed by atoms with Crippen molar-refractivity contribution in [3.63, 3.8) is 0 Å². The summed E-state index contributed by atoms with van der Waals surface area (Å²) in [6.07, 6.45) is 0.769. The molecular formula is C28H43N5O6. The normalized spacial score (nSPS) is 18.8. The number of hydrogen-bond donors (Lipinski definition) is 2. The van der Waals surface area contributed by atoms with E-state index in [0.717, 1.165) is 6.42 Å². The number of nitrogens with one attached hydrogen (secondary N) is 2. The zero-order chi connectivity index (χ0) is 28.7. The highest BCUT2D eigenvalue weighted by atomic mass is 16.5. The number of hydrogen-bond acceptors (Lipinski definition) is 7. The van der Waals surface area contributed by atoms with Crippen LogP contribution in [0.2, 0.25) is 0 Å².